The van der Waals surface area contributed by atoms with E-state index >= 15 is 0 Å². The van der Waals surface area contributed by atoms with Crippen molar-refractivity contribution in [2.24, 2.45) is 0 Å². The van der Waals surface area contributed by atoms with E-state index in [1.807, 2.05) is 0 Å². The number of para-hydroxylation sites is 1. The standard InChI is InChI=1S/C19H20FN3O3S/c20-15-8-6-14(7-9-15)18(24)23-11-3-10-19(13-23)12-21-27(25,26)17-5-2-1-4-16(17)22-19/h1-2,4-9H,3,10-13H2,(H2-,21,22,25,26). The zero-order chi connectivity index (χ0) is 19.1. The van der Waals surface area contributed by atoms with Crippen LogP contribution in [0.15, 0.2) is 53.4 Å². The van der Waals surface area contributed by atoms with Gasteiger partial charge in [-0.05, 0) is 49.2 Å². The summed E-state index contributed by atoms with van der Waals surface area (Å²) < 4.78 is 40.8. The normalized spacial score (nSPS) is 27.6. The van der Waals surface area contributed by atoms with Crippen molar-refractivity contribution in [1.29, 1.82) is 0 Å². The number of hydrogen-bond acceptors (Lipinski definition) is 4. The summed E-state index contributed by atoms with van der Waals surface area (Å²) in [6, 6.07) is 12.2. The number of nitrogens with one attached hydrogen (secondary N) is 2. The largest absolute Gasteiger partial charge is 0.593 e. The first-order valence-corrected chi connectivity index (χ1v) is 10.3. The van der Waals surface area contributed by atoms with E-state index in [2.05, 4.69) is 10.0 Å². The molecule has 2 aromatic carbocycles. The molecule has 2 heterocycles. The highest BCUT2D eigenvalue weighted by atomic mass is 32.3. The van der Waals surface area contributed by atoms with E-state index < -0.39 is 21.8 Å². The van der Waals surface area contributed by atoms with Crippen LogP contribution in [0, 0.1) is 5.82 Å². The number of hydrogen-bond donors (Lipinski definition) is 2. The Hall–Kier alpha value is -2.29. The van der Waals surface area contributed by atoms with E-state index in [-0.39, 0.29) is 17.3 Å². The fourth-order valence-electron chi connectivity index (χ4n) is 3.77. The van der Waals surface area contributed by atoms with E-state index in [0.29, 0.717) is 24.3 Å². The lowest BCUT2D eigenvalue weighted by Crippen LogP contribution is -2.59. The first-order valence-electron chi connectivity index (χ1n) is 8.80. The number of likely N-dealkylation sites (tertiary alicyclic amines) is 1. The predicted octanol–water partition coefficient (Wildman–Crippen LogP) is 2.42. The van der Waals surface area contributed by atoms with Crippen molar-refractivity contribution in [3.05, 3.63) is 59.9 Å². The Balaban J connectivity index is 1.61. The second kappa shape index (κ2) is 6.70. The summed E-state index contributed by atoms with van der Waals surface area (Å²) in [5.41, 5.74) is 0.370. The maximum atomic E-state index is 13.1. The number of halogens is 1. The van der Waals surface area contributed by atoms with E-state index in [0.717, 1.165) is 12.8 Å². The molecule has 6 nitrogen and oxygen atoms in total. The number of amides is 1. The fourth-order valence-corrected chi connectivity index (χ4v) is 5.06. The lowest BCUT2D eigenvalue weighted by molar-refractivity contribution is 0.0663. The zero-order valence-corrected chi connectivity index (χ0v) is 15.4. The SMILES string of the molecule is O=C(c1ccc(F)cc1)N1CCCC2(CN[S+](=O)([O-])c3ccccc3N2)C1. The Morgan fingerprint density at radius 1 is 1.19 bits per heavy atom. The molecule has 4 rings (SSSR count). The van der Waals surface area contributed by atoms with Crippen molar-refractivity contribution in [2.75, 3.05) is 25.0 Å². The van der Waals surface area contributed by atoms with Crippen LogP contribution in [-0.4, -0.2) is 40.5 Å². The lowest BCUT2D eigenvalue weighted by atomic mass is 9.88. The van der Waals surface area contributed by atoms with Gasteiger partial charge >= 0.3 is 0 Å². The van der Waals surface area contributed by atoms with Crippen LogP contribution in [0.1, 0.15) is 23.2 Å². The van der Waals surface area contributed by atoms with Crippen molar-refractivity contribution < 1.29 is 17.9 Å². The molecule has 0 saturated carbocycles. The van der Waals surface area contributed by atoms with Gasteiger partial charge in [0.15, 0.2) is 15.3 Å². The number of rotatable bonds is 1. The van der Waals surface area contributed by atoms with Crippen LogP contribution in [0.3, 0.4) is 0 Å². The molecule has 2 N–H and O–H groups in total. The third kappa shape index (κ3) is 3.47. The molecule has 142 valence electrons. The number of carbonyl (C=O) groups excluding carboxylic acids is 1. The van der Waals surface area contributed by atoms with Crippen molar-refractivity contribution in [3.8, 4) is 0 Å². The second-order valence-corrected chi connectivity index (χ2v) is 8.80. The highest BCUT2D eigenvalue weighted by Crippen LogP contribution is 2.34. The number of carbonyl (C=O) groups is 1. The topological polar surface area (TPSA) is 84.5 Å². The zero-order valence-electron chi connectivity index (χ0n) is 14.6. The van der Waals surface area contributed by atoms with Gasteiger partial charge in [0.25, 0.3) is 5.91 Å². The number of sulfonamides is 1. The van der Waals surface area contributed by atoms with Crippen LogP contribution in [0.4, 0.5) is 10.1 Å². The highest BCUT2D eigenvalue weighted by molar-refractivity contribution is 7.96. The van der Waals surface area contributed by atoms with Crippen molar-refractivity contribution in [2.45, 2.75) is 23.3 Å². The second-order valence-electron chi connectivity index (χ2n) is 7.06. The van der Waals surface area contributed by atoms with Gasteiger partial charge in [0.2, 0.25) is 0 Å². The molecular formula is C19H20FN3O3S. The highest BCUT2D eigenvalue weighted by Gasteiger charge is 2.43. The van der Waals surface area contributed by atoms with Gasteiger partial charge in [-0.2, -0.15) is 0 Å². The van der Waals surface area contributed by atoms with E-state index in [9.17, 15) is 17.9 Å². The van der Waals surface area contributed by atoms with Gasteiger partial charge in [-0.25, -0.2) is 4.39 Å². The van der Waals surface area contributed by atoms with Gasteiger partial charge in [-0.1, -0.05) is 16.3 Å². The number of fused-ring (bicyclic) bond motifs is 1. The Kier molecular flexibility index (Phi) is 4.49. The van der Waals surface area contributed by atoms with Crippen LogP contribution in [0.2, 0.25) is 0 Å². The van der Waals surface area contributed by atoms with Crippen molar-refractivity contribution in [3.63, 3.8) is 0 Å². The monoisotopic (exact) mass is 389 g/mol. The first-order chi connectivity index (χ1) is 12.9. The average molecular weight is 389 g/mol. The van der Waals surface area contributed by atoms with Crippen molar-refractivity contribution in [1.82, 2.24) is 9.62 Å². The third-order valence-electron chi connectivity index (χ3n) is 5.13. The minimum atomic E-state index is -3.61. The minimum absolute atomic E-state index is 0.184. The Labute approximate surface area is 158 Å². The van der Waals surface area contributed by atoms with E-state index in [1.165, 1.54) is 24.3 Å². The molecule has 2 atom stereocenters. The smallest absolute Gasteiger partial charge is 0.253 e. The van der Waals surface area contributed by atoms with Crippen LogP contribution < -0.4 is 10.0 Å². The molecular weight excluding hydrogens is 369 g/mol. The Bertz CT molecular complexity index is 921. The summed E-state index contributed by atoms with van der Waals surface area (Å²) in [6.45, 7) is 1.13. The first kappa shape index (κ1) is 18.1. The van der Waals surface area contributed by atoms with E-state index in [4.69, 9.17) is 0 Å². The molecule has 0 bridgehead atoms. The summed E-state index contributed by atoms with van der Waals surface area (Å²) in [5.74, 6) is -0.575. The molecule has 1 saturated heterocycles. The molecule has 0 radical (unpaired) electrons. The number of benzene rings is 2. The van der Waals surface area contributed by atoms with Crippen LogP contribution in [0.5, 0.6) is 0 Å². The summed E-state index contributed by atoms with van der Waals surface area (Å²) in [4.78, 5) is 14.7. The molecule has 8 heteroatoms. The maximum absolute atomic E-state index is 13.1. The van der Waals surface area contributed by atoms with Crippen LogP contribution in [0.25, 0.3) is 0 Å². The third-order valence-corrected chi connectivity index (χ3v) is 6.59. The predicted molar refractivity (Wildman–Crippen MR) is 99.4 cm³/mol. The molecule has 2 unspecified atom stereocenters. The van der Waals surface area contributed by atoms with Gasteiger partial charge < -0.3 is 14.8 Å². The quantitative estimate of drug-likeness (QED) is 0.734. The van der Waals surface area contributed by atoms with Gasteiger partial charge in [0.05, 0.1) is 17.8 Å². The summed E-state index contributed by atoms with van der Waals surface area (Å²) >= 11 is 0. The van der Waals surface area contributed by atoms with E-state index in [1.54, 1.807) is 29.2 Å². The van der Waals surface area contributed by atoms with Gasteiger partial charge in [0, 0.05) is 18.7 Å². The van der Waals surface area contributed by atoms with Gasteiger partial charge in [0.1, 0.15) is 5.82 Å². The summed E-state index contributed by atoms with van der Waals surface area (Å²) in [7, 11) is -3.61. The number of nitrogens with zero attached hydrogens (tertiary/aromatic N) is 1. The average Bonchev–Trinajstić information content (AvgIpc) is 2.77. The van der Waals surface area contributed by atoms with Crippen LogP contribution in [-0.2, 0) is 14.6 Å². The summed E-state index contributed by atoms with van der Waals surface area (Å²) in [6.07, 6.45) is 1.47. The Morgan fingerprint density at radius 2 is 1.93 bits per heavy atom. The molecule has 0 aromatic heterocycles. The Morgan fingerprint density at radius 3 is 2.70 bits per heavy atom. The molecule has 2 aliphatic heterocycles. The lowest BCUT2D eigenvalue weighted by Gasteiger charge is -2.42. The molecule has 1 amide bonds. The molecule has 1 spiro atoms. The molecule has 2 aromatic rings. The molecule has 27 heavy (non-hydrogen) atoms. The summed E-state index contributed by atoms with van der Waals surface area (Å²) in [5, 5.41) is 3.38. The van der Waals surface area contributed by atoms with Gasteiger partial charge in [-0.15, -0.1) is 4.72 Å². The van der Waals surface area contributed by atoms with Gasteiger partial charge in [-0.3, -0.25) is 4.79 Å². The number of anilines is 1. The minimum Gasteiger partial charge on any atom is -0.593 e. The maximum Gasteiger partial charge on any atom is 0.253 e. The molecule has 0 aliphatic carbocycles. The van der Waals surface area contributed by atoms with Crippen molar-refractivity contribution >= 4 is 22.0 Å². The number of piperidine rings is 1. The van der Waals surface area contributed by atoms with Crippen LogP contribution >= 0.6 is 0 Å². The molecule has 1 fully saturated rings. The fraction of sp³-hybridized carbons (Fsp3) is 0.316. The molecule has 2 aliphatic rings.